The van der Waals surface area contributed by atoms with Crippen LogP contribution < -0.4 is 0 Å². The molecule has 2 heterocycles. The third kappa shape index (κ3) is 5.15. The first-order valence-electron chi connectivity index (χ1n) is 18.5. The highest BCUT2D eigenvalue weighted by Crippen LogP contribution is 2.44. The summed E-state index contributed by atoms with van der Waals surface area (Å²) in [6.45, 7) is 6.31. The van der Waals surface area contributed by atoms with Crippen molar-refractivity contribution in [2.24, 2.45) is 0 Å². The van der Waals surface area contributed by atoms with Crippen molar-refractivity contribution in [2.45, 2.75) is 6.92 Å². The lowest BCUT2D eigenvalue weighted by molar-refractivity contribution is 1.10. The maximum absolute atomic E-state index is 4.96. The molecule has 10 rings (SSSR count). The van der Waals surface area contributed by atoms with Gasteiger partial charge in [-0.2, -0.15) is 0 Å². The van der Waals surface area contributed by atoms with E-state index in [-0.39, 0.29) is 0 Å². The van der Waals surface area contributed by atoms with Crippen molar-refractivity contribution >= 4 is 49.3 Å². The number of nitrogens with zero attached hydrogens (tertiary/aromatic N) is 2. The van der Waals surface area contributed by atoms with Crippen LogP contribution in [0.15, 0.2) is 189 Å². The first-order valence-corrected chi connectivity index (χ1v) is 18.5. The van der Waals surface area contributed by atoms with E-state index >= 15 is 0 Å². The van der Waals surface area contributed by atoms with E-state index < -0.39 is 0 Å². The van der Waals surface area contributed by atoms with Gasteiger partial charge in [-0.05, 0) is 115 Å². The van der Waals surface area contributed by atoms with Crippen LogP contribution in [0, 0.1) is 6.92 Å². The Labute approximate surface area is 314 Å². The maximum Gasteiger partial charge on any atom is 0.0702 e. The monoisotopic (exact) mass is 688 g/mol. The summed E-state index contributed by atoms with van der Waals surface area (Å²) in [7, 11) is 0. The number of hydrogen-bond acceptors (Lipinski definition) is 1. The van der Waals surface area contributed by atoms with Crippen molar-refractivity contribution in [3.8, 4) is 50.3 Å². The molecule has 0 atom stereocenters. The molecule has 0 spiro atoms. The highest BCUT2D eigenvalue weighted by molar-refractivity contribution is 6.21. The summed E-state index contributed by atoms with van der Waals surface area (Å²) in [5, 5.41) is 8.74. The normalized spacial score (nSPS) is 11.5. The second kappa shape index (κ2) is 12.9. The lowest BCUT2D eigenvalue weighted by Crippen LogP contribution is -1.96. The highest BCUT2D eigenvalue weighted by atomic mass is 15.0. The number of hydrogen-bond donors (Lipinski definition) is 0. The van der Waals surface area contributed by atoms with Gasteiger partial charge in [0.25, 0.3) is 0 Å². The van der Waals surface area contributed by atoms with E-state index in [0.717, 1.165) is 39.3 Å². The molecule has 0 aliphatic rings. The topological polar surface area (TPSA) is 17.8 Å². The third-order valence-electron chi connectivity index (χ3n) is 11.0. The summed E-state index contributed by atoms with van der Waals surface area (Å²) in [5.74, 6) is 0. The Balaban J connectivity index is 1.01. The maximum atomic E-state index is 4.96. The van der Waals surface area contributed by atoms with Crippen LogP contribution >= 0.6 is 0 Å². The van der Waals surface area contributed by atoms with Crippen molar-refractivity contribution in [1.82, 2.24) is 9.55 Å². The van der Waals surface area contributed by atoms with E-state index in [2.05, 4.69) is 188 Å². The quantitative estimate of drug-likeness (QED) is 0.159. The summed E-state index contributed by atoms with van der Waals surface area (Å²) < 4.78 is 2.28. The smallest absolute Gasteiger partial charge is 0.0702 e. The molecule has 8 aromatic carbocycles. The molecule has 254 valence electrons. The van der Waals surface area contributed by atoms with Crippen molar-refractivity contribution in [1.29, 1.82) is 0 Å². The molecule has 0 N–H and O–H groups in total. The standard InChI is InChI=1S/C52H36N2/c1-3-49-34(2)47-32-39(28-30-50(47)54(49)42-15-5-4-6-16-42)48-29-27-41(33-53-48)36-21-24-37(25-22-36)51-43-17-9-11-19-45(43)52(46-20-12-10-18-44(46)51)40-26-23-35-13-7-8-14-38(35)31-40/h3-33H,1H2,2H3. The number of aromatic nitrogens is 2. The van der Waals surface area contributed by atoms with Crippen LogP contribution in [0.1, 0.15) is 11.3 Å². The number of para-hydroxylation sites is 1. The van der Waals surface area contributed by atoms with Crippen LogP contribution in [0.5, 0.6) is 0 Å². The molecule has 54 heavy (non-hydrogen) atoms. The summed E-state index contributed by atoms with van der Waals surface area (Å²) in [6, 6.07) is 63.5. The molecular formula is C52H36N2. The van der Waals surface area contributed by atoms with Crippen molar-refractivity contribution in [2.75, 3.05) is 0 Å². The zero-order chi connectivity index (χ0) is 36.2. The number of fused-ring (bicyclic) bond motifs is 4. The Morgan fingerprint density at radius 3 is 1.67 bits per heavy atom. The molecule has 2 nitrogen and oxygen atoms in total. The van der Waals surface area contributed by atoms with Gasteiger partial charge in [0.1, 0.15) is 0 Å². The lowest BCUT2D eigenvalue weighted by Gasteiger charge is -2.18. The molecule has 0 saturated carbocycles. The number of pyridine rings is 1. The highest BCUT2D eigenvalue weighted by Gasteiger charge is 2.18. The van der Waals surface area contributed by atoms with E-state index in [4.69, 9.17) is 4.98 Å². The summed E-state index contributed by atoms with van der Waals surface area (Å²) in [5.41, 5.74) is 13.9. The molecule has 0 bridgehead atoms. The van der Waals surface area contributed by atoms with E-state index in [1.165, 1.54) is 65.5 Å². The van der Waals surface area contributed by atoms with E-state index in [1.54, 1.807) is 0 Å². The molecule has 2 heteroatoms. The molecule has 0 aliphatic carbocycles. The first-order chi connectivity index (χ1) is 26.7. The third-order valence-corrected chi connectivity index (χ3v) is 11.0. The Hall–Kier alpha value is -7.03. The van der Waals surface area contributed by atoms with Gasteiger partial charge < -0.3 is 4.57 Å². The predicted octanol–water partition coefficient (Wildman–Crippen LogP) is 14.1. The molecule has 0 fully saturated rings. The first kappa shape index (κ1) is 31.7. The molecule has 0 aliphatic heterocycles. The van der Waals surface area contributed by atoms with Crippen LogP contribution in [0.3, 0.4) is 0 Å². The van der Waals surface area contributed by atoms with Gasteiger partial charge in [0, 0.05) is 34.1 Å². The SMILES string of the molecule is C=Cc1c(C)c2cc(-c3ccc(-c4ccc(-c5c6ccccc6c(-c6ccc7ccccc7c6)c6ccccc56)cc4)cn3)ccc2n1-c1ccccc1. The molecule has 0 radical (unpaired) electrons. The Morgan fingerprint density at radius 1 is 0.463 bits per heavy atom. The minimum absolute atomic E-state index is 0.953. The lowest BCUT2D eigenvalue weighted by atomic mass is 9.85. The molecule has 2 aromatic heterocycles. The number of aryl methyl sites for hydroxylation is 1. The number of benzene rings is 8. The van der Waals surface area contributed by atoms with E-state index in [0.29, 0.717) is 0 Å². The summed E-state index contributed by atoms with van der Waals surface area (Å²) in [4.78, 5) is 4.96. The van der Waals surface area contributed by atoms with Crippen molar-refractivity contribution in [3.63, 3.8) is 0 Å². The molecule has 0 amide bonds. The van der Waals surface area contributed by atoms with Gasteiger partial charge >= 0.3 is 0 Å². The van der Waals surface area contributed by atoms with Gasteiger partial charge in [-0.15, -0.1) is 0 Å². The predicted molar refractivity (Wildman–Crippen MR) is 230 cm³/mol. The average Bonchev–Trinajstić information content (AvgIpc) is 3.53. The Morgan fingerprint density at radius 2 is 1.02 bits per heavy atom. The molecule has 0 unspecified atom stereocenters. The Bertz CT molecular complexity index is 2980. The van der Waals surface area contributed by atoms with Gasteiger partial charge in [0.15, 0.2) is 0 Å². The zero-order valence-corrected chi connectivity index (χ0v) is 30.0. The van der Waals surface area contributed by atoms with Gasteiger partial charge in [-0.3, -0.25) is 4.98 Å². The fourth-order valence-corrected chi connectivity index (χ4v) is 8.39. The van der Waals surface area contributed by atoms with Gasteiger partial charge in [-0.25, -0.2) is 0 Å². The average molecular weight is 689 g/mol. The summed E-state index contributed by atoms with van der Waals surface area (Å²) in [6.07, 6.45) is 3.95. The fourth-order valence-electron chi connectivity index (χ4n) is 8.39. The molecule has 10 aromatic rings. The van der Waals surface area contributed by atoms with Crippen LogP contribution in [0.25, 0.3) is 99.6 Å². The fraction of sp³-hybridized carbons (Fsp3) is 0.0192. The van der Waals surface area contributed by atoms with Crippen LogP contribution in [0.2, 0.25) is 0 Å². The van der Waals surface area contributed by atoms with Crippen LogP contribution in [-0.4, -0.2) is 9.55 Å². The minimum Gasteiger partial charge on any atom is -0.310 e. The van der Waals surface area contributed by atoms with Gasteiger partial charge in [0.05, 0.1) is 11.2 Å². The Kier molecular flexibility index (Phi) is 7.56. The second-order valence-electron chi connectivity index (χ2n) is 14.0. The summed E-state index contributed by atoms with van der Waals surface area (Å²) >= 11 is 0. The van der Waals surface area contributed by atoms with Crippen molar-refractivity contribution < 1.29 is 0 Å². The van der Waals surface area contributed by atoms with Gasteiger partial charge in [0.2, 0.25) is 0 Å². The van der Waals surface area contributed by atoms with Gasteiger partial charge in [-0.1, -0.05) is 146 Å². The second-order valence-corrected chi connectivity index (χ2v) is 14.0. The van der Waals surface area contributed by atoms with E-state index in [1.807, 2.05) is 18.3 Å². The zero-order valence-electron chi connectivity index (χ0n) is 30.0. The van der Waals surface area contributed by atoms with Crippen LogP contribution in [-0.2, 0) is 0 Å². The molecular weight excluding hydrogens is 653 g/mol. The molecule has 0 saturated heterocycles. The minimum atomic E-state index is 0.953. The number of rotatable bonds is 6. The largest absolute Gasteiger partial charge is 0.310 e. The van der Waals surface area contributed by atoms with Crippen LogP contribution in [0.4, 0.5) is 0 Å². The van der Waals surface area contributed by atoms with Crippen molar-refractivity contribution in [3.05, 3.63) is 200 Å². The van der Waals surface area contributed by atoms with E-state index in [9.17, 15) is 0 Å².